The average Bonchev–Trinajstić information content (AvgIpc) is 3.28. The lowest BCUT2D eigenvalue weighted by atomic mass is 9.58. The van der Waals surface area contributed by atoms with Crippen LogP contribution in [-0.2, 0) is 19.0 Å². The van der Waals surface area contributed by atoms with Crippen molar-refractivity contribution in [2.75, 3.05) is 13.7 Å². The Hall–Kier alpha value is -3.23. The molecule has 1 aliphatic carbocycles. The number of ether oxygens (including phenoxy) is 1. The van der Waals surface area contributed by atoms with E-state index < -0.39 is 31.0 Å². The van der Waals surface area contributed by atoms with Gasteiger partial charge in [-0.25, -0.2) is 0 Å². The van der Waals surface area contributed by atoms with E-state index in [1.807, 2.05) is 30.3 Å². The number of carbonyl (C=O) groups is 3. The Labute approximate surface area is 283 Å². The third-order valence-electron chi connectivity index (χ3n) is 9.38. The van der Waals surface area contributed by atoms with Gasteiger partial charge in [0.2, 0.25) is 11.8 Å². The highest BCUT2D eigenvalue weighted by Gasteiger charge is 2.56. The minimum Gasteiger partial charge on any atom is -0.504 e. The quantitative estimate of drug-likeness (QED) is 0.0788. The maximum atomic E-state index is 13.8. The summed E-state index contributed by atoms with van der Waals surface area (Å²) in [6.07, 6.45) is 7.67. The van der Waals surface area contributed by atoms with Crippen molar-refractivity contribution in [2.24, 2.45) is 17.8 Å². The monoisotopic (exact) mass is 742 g/mol. The molecule has 1 aromatic heterocycles. The molecule has 3 heterocycles. The van der Waals surface area contributed by atoms with Crippen LogP contribution in [0.2, 0.25) is 6.32 Å². The van der Waals surface area contributed by atoms with Crippen LogP contribution in [-0.4, -0.2) is 69.8 Å². The molecule has 4 atom stereocenters. The Bertz CT molecular complexity index is 1530. The summed E-state index contributed by atoms with van der Waals surface area (Å²) in [4.78, 5) is 44.1. The van der Waals surface area contributed by atoms with Crippen LogP contribution in [0.15, 0.2) is 47.7 Å². The second kappa shape index (κ2) is 15.1. The van der Waals surface area contributed by atoms with Gasteiger partial charge in [-0.05, 0) is 120 Å². The molecule has 244 valence electrons. The highest BCUT2D eigenvalue weighted by atomic mass is 127. The number of methoxy groups -OCH3 is 1. The van der Waals surface area contributed by atoms with E-state index >= 15 is 0 Å². The standard InChI is InChI=1S/C34H40BIN2O8/c1-3-21-18-23-31(34(43)38(33(23)42)14-8-4-5-10-29(39)40)24-19-35(44)46-27(30(21)24)12-11-22(26-9-6-7-13-37-26)15-20-16-25(36)32(41)28(17-20)45-2/h6-7,9,13,15-17,23-24,27,31,41,44H,3-5,8,10-12,14,18-19H2,1-2H3,(H,39,40)/b22-15-/t23-,24+,27-,31-/m1/s1. The summed E-state index contributed by atoms with van der Waals surface area (Å²) in [5.41, 5.74) is 4.74. The number of amides is 2. The summed E-state index contributed by atoms with van der Waals surface area (Å²) >= 11 is 2.07. The van der Waals surface area contributed by atoms with Gasteiger partial charge in [0.1, 0.15) is 0 Å². The van der Waals surface area contributed by atoms with E-state index in [2.05, 4.69) is 34.5 Å². The van der Waals surface area contributed by atoms with Crippen molar-refractivity contribution in [2.45, 2.75) is 70.7 Å². The molecule has 2 saturated heterocycles. The molecule has 0 saturated carbocycles. The lowest BCUT2D eigenvalue weighted by Gasteiger charge is -2.43. The summed E-state index contributed by atoms with van der Waals surface area (Å²) in [6, 6.07) is 9.37. The van der Waals surface area contributed by atoms with Crippen molar-refractivity contribution in [3.63, 3.8) is 0 Å². The topological polar surface area (TPSA) is 146 Å². The SMILES string of the molecule is CCC1=C2[C@@H](CC/C(=C/c3cc(I)c(O)c(OC)c3)c3ccccn3)OB(O)C[C@@H]2[C@@H]2C(=O)N(CCCCCC(=O)O)C(=O)[C@@H]2C1. The van der Waals surface area contributed by atoms with Crippen LogP contribution in [0.25, 0.3) is 11.6 Å². The highest BCUT2D eigenvalue weighted by molar-refractivity contribution is 14.1. The van der Waals surface area contributed by atoms with Gasteiger partial charge in [0.05, 0.1) is 34.3 Å². The molecule has 2 aliphatic heterocycles. The Kier molecular flexibility index (Phi) is 11.2. The van der Waals surface area contributed by atoms with Gasteiger partial charge in [0.25, 0.3) is 0 Å². The smallest absolute Gasteiger partial charge is 0.455 e. The molecule has 3 aliphatic rings. The average molecular weight is 742 g/mol. The predicted molar refractivity (Wildman–Crippen MR) is 182 cm³/mol. The van der Waals surface area contributed by atoms with Crippen LogP contribution in [0, 0.1) is 21.3 Å². The van der Waals surface area contributed by atoms with E-state index in [1.165, 1.54) is 12.0 Å². The van der Waals surface area contributed by atoms with Crippen LogP contribution >= 0.6 is 22.6 Å². The number of allylic oxidation sites excluding steroid dienone is 2. The number of halogens is 1. The number of carbonyl (C=O) groups excluding carboxylic acids is 2. The molecule has 1 aromatic carbocycles. The molecule has 5 rings (SSSR count). The number of phenols is 1. The van der Waals surface area contributed by atoms with E-state index in [-0.39, 0.29) is 42.8 Å². The Morgan fingerprint density at radius 3 is 2.67 bits per heavy atom. The fourth-order valence-corrected chi connectivity index (χ4v) is 7.88. The zero-order chi connectivity index (χ0) is 33.0. The zero-order valence-electron chi connectivity index (χ0n) is 26.2. The van der Waals surface area contributed by atoms with Crippen molar-refractivity contribution in [1.29, 1.82) is 0 Å². The van der Waals surface area contributed by atoms with E-state index in [9.17, 15) is 24.5 Å². The molecule has 12 heteroatoms. The first-order valence-corrected chi connectivity index (χ1v) is 17.0. The third kappa shape index (κ3) is 7.34. The number of fused-ring (bicyclic) bond motifs is 3. The number of carboxylic acids is 1. The van der Waals surface area contributed by atoms with Gasteiger partial charge in [-0.15, -0.1) is 0 Å². The number of imide groups is 1. The number of unbranched alkanes of at least 4 members (excludes halogenated alkanes) is 2. The Morgan fingerprint density at radius 2 is 1.98 bits per heavy atom. The van der Waals surface area contributed by atoms with Crippen molar-refractivity contribution < 1.29 is 39.0 Å². The van der Waals surface area contributed by atoms with E-state index in [0.717, 1.165) is 34.4 Å². The van der Waals surface area contributed by atoms with E-state index in [4.69, 9.17) is 14.5 Å². The van der Waals surface area contributed by atoms with Gasteiger partial charge in [-0.1, -0.05) is 25.0 Å². The molecule has 46 heavy (non-hydrogen) atoms. The van der Waals surface area contributed by atoms with Crippen molar-refractivity contribution in [3.8, 4) is 11.5 Å². The lowest BCUT2D eigenvalue weighted by Crippen LogP contribution is -2.46. The summed E-state index contributed by atoms with van der Waals surface area (Å²) in [5, 5.41) is 30.2. The number of pyridine rings is 1. The van der Waals surface area contributed by atoms with Crippen LogP contribution in [0.5, 0.6) is 11.5 Å². The van der Waals surface area contributed by atoms with E-state index in [0.29, 0.717) is 47.8 Å². The van der Waals surface area contributed by atoms with Gasteiger partial charge in [0.15, 0.2) is 11.5 Å². The number of hydrogen-bond donors (Lipinski definition) is 3. The fraction of sp³-hybridized carbons (Fsp3) is 0.471. The van der Waals surface area contributed by atoms with Crippen LogP contribution in [0.3, 0.4) is 0 Å². The number of rotatable bonds is 13. The second-order valence-electron chi connectivity index (χ2n) is 12.2. The molecule has 0 bridgehead atoms. The number of benzene rings is 1. The number of nitrogens with zero attached hydrogens (tertiary/aromatic N) is 2. The van der Waals surface area contributed by atoms with Crippen molar-refractivity contribution in [1.82, 2.24) is 9.88 Å². The van der Waals surface area contributed by atoms with Gasteiger partial charge >= 0.3 is 13.1 Å². The number of aromatic nitrogens is 1. The van der Waals surface area contributed by atoms with Gasteiger partial charge in [0, 0.05) is 19.2 Å². The molecule has 10 nitrogen and oxygen atoms in total. The molecule has 2 aromatic rings. The first kappa shape index (κ1) is 34.1. The van der Waals surface area contributed by atoms with Crippen molar-refractivity contribution >= 4 is 59.1 Å². The zero-order valence-corrected chi connectivity index (χ0v) is 28.3. The van der Waals surface area contributed by atoms with E-state index in [1.54, 1.807) is 12.3 Å². The number of likely N-dealkylation sites (tertiary alicyclic amines) is 1. The maximum absolute atomic E-state index is 13.8. The number of aromatic hydroxyl groups is 1. The maximum Gasteiger partial charge on any atom is 0.455 e. The molecule has 2 fully saturated rings. The normalized spacial score (nSPS) is 23.1. The number of carboxylic acid groups (broad SMARTS) is 1. The summed E-state index contributed by atoms with van der Waals surface area (Å²) in [7, 11) is 0.451. The van der Waals surface area contributed by atoms with Crippen LogP contribution < -0.4 is 4.74 Å². The summed E-state index contributed by atoms with van der Waals surface area (Å²) in [5.74, 6) is -2.01. The highest BCUT2D eigenvalue weighted by Crippen LogP contribution is 2.51. The Balaban J connectivity index is 1.39. The van der Waals surface area contributed by atoms with Crippen molar-refractivity contribution in [3.05, 3.63) is 62.5 Å². The second-order valence-corrected chi connectivity index (χ2v) is 13.3. The predicted octanol–water partition coefficient (Wildman–Crippen LogP) is 5.57. The number of aliphatic carboxylic acids is 1. The number of hydrogen-bond acceptors (Lipinski definition) is 8. The Morgan fingerprint density at radius 1 is 1.17 bits per heavy atom. The lowest BCUT2D eigenvalue weighted by molar-refractivity contribution is -0.141. The minimum absolute atomic E-state index is 0.0707. The van der Waals surface area contributed by atoms with Crippen LogP contribution in [0.1, 0.15) is 69.5 Å². The summed E-state index contributed by atoms with van der Waals surface area (Å²) < 4.78 is 12.2. The number of phenolic OH excluding ortho intramolecular Hbond substituents is 1. The molecular formula is C34H40BIN2O8. The summed E-state index contributed by atoms with van der Waals surface area (Å²) in [6.45, 7) is 2.35. The molecule has 0 radical (unpaired) electrons. The third-order valence-corrected chi connectivity index (χ3v) is 10.2. The minimum atomic E-state index is -1.06. The van der Waals surface area contributed by atoms with Gasteiger partial charge in [-0.2, -0.15) is 0 Å². The molecular weight excluding hydrogens is 702 g/mol. The molecule has 3 N–H and O–H groups in total. The first-order chi connectivity index (χ1) is 22.1. The largest absolute Gasteiger partial charge is 0.504 e. The first-order valence-electron chi connectivity index (χ1n) is 15.9. The van der Waals surface area contributed by atoms with Crippen LogP contribution in [0.4, 0.5) is 0 Å². The van der Waals surface area contributed by atoms with Gasteiger partial charge < -0.3 is 24.6 Å². The molecule has 0 spiro atoms. The molecule has 0 unspecified atom stereocenters. The van der Waals surface area contributed by atoms with Gasteiger partial charge in [-0.3, -0.25) is 24.3 Å². The molecule has 2 amide bonds. The fourth-order valence-electron chi connectivity index (χ4n) is 7.26.